The quantitative estimate of drug-likeness (QED) is 0.725. The Hall–Kier alpha value is -0.940. The Morgan fingerprint density at radius 1 is 0.944 bits per heavy atom. The molecule has 2 rings (SSSR count). The number of rotatable bonds is 3. The molecule has 0 spiro atoms. The Bertz CT molecular complexity index is 573. The Balaban J connectivity index is 2.09. The average Bonchev–Trinajstić information content (AvgIpc) is 2.32. The fraction of sp³-hybridized carbons (Fsp3) is 0.0769. The van der Waals surface area contributed by atoms with Crippen molar-refractivity contribution in [3.8, 4) is 5.75 Å². The lowest BCUT2D eigenvalue weighted by atomic mass is 10.2. The van der Waals surface area contributed by atoms with Gasteiger partial charge in [-0.2, -0.15) is 0 Å². The predicted molar refractivity (Wildman–Crippen MR) is 72.5 cm³/mol. The molecule has 0 N–H and O–H groups in total. The summed E-state index contributed by atoms with van der Waals surface area (Å²) >= 11 is 6.24. The van der Waals surface area contributed by atoms with Gasteiger partial charge in [0.25, 0.3) is 0 Å². The molecule has 0 radical (unpaired) electrons. The van der Waals surface area contributed by atoms with E-state index in [-0.39, 0.29) is 18.2 Å². The van der Waals surface area contributed by atoms with Crippen LogP contribution in [0.4, 0.5) is 8.78 Å². The first-order valence-corrected chi connectivity index (χ1v) is 6.66. The van der Waals surface area contributed by atoms with Crippen LogP contribution in [0, 0.1) is 11.6 Å². The molecule has 0 aliphatic rings. The second-order valence-corrected chi connectivity index (χ2v) is 5.37. The van der Waals surface area contributed by atoms with E-state index in [1.165, 1.54) is 24.3 Å². The molecule has 0 saturated carbocycles. The minimum absolute atomic E-state index is 0.0944. The first-order valence-electron chi connectivity index (χ1n) is 5.08. The molecule has 1 nitrogen and oxygen atoms in total. The lowest BCUT2D eigenvalue weighted by molar-refractivity contribution is 0.299. The Kier molecular flexibility index (Phi) is 4.35. The van der Waals surface area contributed by atoms with Crippen molar-refractivity contribution in [1.82, 2.24) is 0 Å². The summed E-state index contributed by atoms with van der Waals surface area (Å²) in [4.78, 5) is 0. The van der Waals surface area contributed by atoms with Crippen molar-refractivity contribution in [3.63, 3.8) is 0 Å². The van der Waals surface area contributed by atoms with Crippen LogP contribution in [0.2, 0.25) is 0 Å². The van der Waals surface area contributed by atoms with Gasteiger partial charge < -0.3 is 4.74 Å². The van der Waals surface area contributed by atoms with Gasteiger partial charge in [0, 0.05) is 10.0 Å². The standard InChI is InChI=1S/C13H8Br2F2O/c14-9-2-1-8(13(17)5-9)7-18-10-3-4-12(16)11(15)6-10/h1-6H,7H2. The zero-order valence-electron chi connectivity index (χ0n) is 9.09. The molecule has 2 aromatic carbocycles. The molecule has 0 atom stereocenters. The van der Waals surface area contributed by atoms with Gasteiger partial charge in [-0.05, 0) is 46.3 Å². The van der Waals surface area contributed by atoms with Crippen LogP contribution < -0.4 is 4.74 Å². The van der Waals surface area contributed by atoms with Gasteiger partial charge >= 0.3 is 0 Å². The van der Waals surface area contributed by atoms with E-state index in [0.717, 1.165) is 0 Å². The third-order valence-corrected chi connectivity index (χ3v) is 3.40. The van der Waals surface area contributed by atoms with Crippen molar-refractivity contribution < 1.29 is 13.5 Å². The lowest BCUT2D eigenvalue weighted by Gasteiger charge is -2.08. The Morgan fingerprint density at radius 3 is 2.39 bits per heavy atom. The predicted octanol–water partition coefficient (Wildman–Crippen LogP) is 5.07. The maximum Gasteiger partial charge on any atom is 0.137 e. The maximum atomic E-state index is 13.5. The van der Waals surface area contributed by atoms with Crippen LogP contribution in [0.1, 0.15) is 5.56 Å². The summed E-state index contributed by atoms with van der Waals surface area (Å²) in [5, 5.41) is 0. The van der Waals surface area contributed by atoms with Crippen molar-refractivity contribution in [2.75, 3.05) is 0 Å². The molecule has 5 heteroatoms. The van der Waals surface area contributed by atoms with E-state index in [1.807, 2.05) is 0 Å². The van der Waals surface area contributed by atoms with Crippen molar-refractivity contribution in [2.24, 2.45) is 0 Å². The molecule has 0 unspecified atom stereocenters. The van der Waals surface area contributed by atoms with E-state index in [0.29, 0.717) is 20.3 Å². The van der Waals surface area contributed by atoms with E-state index in [4.69, 9.17) is 4.74 Å². The number of benzene rings is 2. The Morgan fingerprint density at radius 2 is 1.72 bits per heavy atom. The summed E-state index contributed by atoms with van der Waals surface area (Å²) in [5.74, 6) is -0.228. The van der Waals surface area contributed by atoms with E-state index in [9.17, 15) is 8.78 Å². The first-order chi connectivity index (χ1) is 8.56. The van der Waals surface area contributed by atoms with Gasteiger partial charge in [-0.15, -0.1) is 0 Å². The monoisotopic (exact) mass is 376 g/mol. The molecule has 0 aromatic heterocycles. The topological polar surface area (TPSA) is 9.23 Å². The fourth-order valence-electron chi connectivity index (χ4n) is 1.37. The second kappa shape index (κ2) is 5.80. The molecule has 2 aromatic rings. The minimum atomic E-state index is -0.364. The van der Waals surface area contributed by atoms with E-state index >= 15 is 0 Å². The zero-order valence-corrected chi connectivity index (χ0v) is 12.3. The van der Waals surface area contributed by atoms with Gasteiger partial charge in [-0.3, -0.25) is 0 Å². The van der Waals surface area contributed by atoms with Gasteiger partial charge in [0.15, 0.2) is 0 Å². The van der Waals surface area contributed by atoms with Crippen LogP contribution in [0.25, 0.3) is 0 Å². The fourth-order valence-corrected chi connectivity index (χ4v) is 2.06. The largest absolute Gasteiger partial charge is 0.489 e. The molecule has 0 aliphatic carbocycles. The molecule has 0 bridgehead atoms. The number of halogens is 4. The number of hydrogen-bond donors (Lipinski definition) is 0. The molecule has 18 heavy (non-hydrogen) atoms. The molecule has 94 valence electrons. The van der Waals surface area contributed by atoms with Crippen molar-refractivity contribution in [1.29, 1.82) is 0 Å². The number of hydrogen-bond acceptors (Lipinski definition) is 1. The molecule has 0 heterocycles. The molecule has 0 saturated heterocycles. The smallest absolute Gasteiger partial charge is 0.137 e. The van der Waals surface area contributed by atoms with Crippen molar-refractivity contribution in [2.45, 2.75) is 6.61 Å². The summed E-state index contributed by atoms with van der Waals surface area (Å²) in [6.45, 7) is 0.0944. The van der Waals surface area contributed by atoms with Crippen molar-refractivity contribution in [3.05, 3.63) is 62.5 Å². The highest BCUT2D eigenvalue weighted by atomic mass is 79.9. The van der Waals surface area contributed by atoms with Gasteiger partial charge in [-0.1, -0.05) is 22.0 Å². The van der Waals surface area contributed by atoms with Gasteiger partial charge in [0.05, 0.1) is 4.47 Å². The van der Waals surface area contributed by atoms with Gasteiger partial charge in [0.1, 0.15) is 24.0 Å². The highest BCUT2D eigenvalue weighted by molar-refractivity contribution is 9.10. The van der Waals surface area contributed by atoms with E-state index in [2.05, 4.69) is 31.9 Å². The normalized spacial score (nSPS) is 10.4. The van der Waals surface area contributed by atoms with Crippen LogP contribution in [-0.4, -0.2) is 0 Å². The van der Waals surface area contributed by atoms with E-state index in [1.54, 1.807) is 12.1 Å². The van der Waals surface area contributed by atoms with Gasteiger partial charge in [-0.25, -0.2) is 8.78 Å². The number of ether oxygens (including phenoxy) is 1. The minimum Gasteiger partial charge on any atom is -0.489 e. The summed E-state index contributed by atoms with van der Waals surface area (Å²) in [6, 6.07) is 9.04. The first kappa shape index (κ1) is 13.5. The molecule has 0 aliphatic heterocycles. The highest BCUT2D eigenvalue weighted by Gasteiger charge is 2.05. The van der Waals surface area contributed by atoms with E-state index < -0.39 is 0 Å². The van der Waals surface area contributed by atoms with Crippen LogP contribution in [0.15, 0.2) is 45.3 Å². The summed E-state index contributed by atoms with van der Waals surface area (Å²) in [7, 11) is 0. The molecular formula is C13H8Br2F2O. The molecular weight excluding hydrogens is 370 g/mol. The highest BCUT2D eigenvalue weighted by Crippen LogP contribution is 2.23. The van der Waals surface area contributed by atoms with Crippen LogP contribution in [0.3, 0.4) is 0 Å². The second-order valence-electron chi connectivity index (χ2n) is 3.60. The SMILES string of the molecule is Fc1ccc(OCc2ccc(Br)cc2F)cc1Br. The lowest BCUT2D eigenvalue weighted by Crippen LogP contribution is -1.98. The third kappa shape index (κ3) is 3.29. The van der Waals surface area contributed by atoms with Crippen LogP contribution in [-0.2, 0) is 6.61 Å². The van der Waals surface area contributed by atoms with Crippen LogP contribution in [0.5, 0.6) is 5.75 Å². The molecule has 0 amide bonds. The van der Waals surface area contributed by atoms with Crippen LogP contribution >= 0.6 is 31.9 Å². The molecule has 0 fully saturated rings. The summed E-state index contributed by atoms with van der Waals surface area (Å²) in [5.41, 5.74) is 0.443. The zero-order chi connectivity index (χ0) is 13.1. The summed E-state index contributed by atoms with van der Waals surface area (Å²) < 4.78 is 32.9. The maximum absolute atomic E-state index is 13.5. The summed E-state index contributed by atoms with van der Waals surface area (Å²) in [6.07, 6.45) is 0. The van der Waals surface area contributed by atoms with Crippen molar-refractivity contribution >= 4 is 31.9 Å². The van der Waals surface area contributed by atoms with Gasteiger partial charge in [0.2, 0.25) is 0 Å². The average molecular weight is 378 g/mol. The third-order valence-electron chi connectivity index (χ3n) is 2.30. The Labute approximate surface area is 120 Å².